The molecule has 1 aromatic rings. The van der Waals surface area contributed by atoms with Gasteiger partial charge in [0.25, 0.3) is 0 Å². The standard InChI is InChI=1S/C12H15NO2/c14-12(15)13-8-4-7-11(13)9-10-5-2-1-3-6-10/h1-3,5-6,11H,4,7-9H2,(H,14,15)/t11-/m0/s1. The summed E-state index contributed by atoms with van der Waals surface area (Å²) in [7, 11) is 0. The second kappa shape index (κ2) is 4.34. The third-order valence-electron chi connectivity index (χ3n) is 2.94. The van der Waals surface area contributed by atoms with Gasteiger partial charge in [0.2, 0.25) is 0 Å². The van der Waals surface area contributed by atoms with E-state index in [-0.39, 0.29) is 6.04 Å². The third-order valence-corrected chi connectivity index (χ3v) is 2.94. The minimum atomic E-state index is -0.784. The molecule has 1 fully saturated rings. The smallest absolute Gasteiger partial charge is 0.407 e. The van der Waals surface area contributed by atoms with E-state index in [0.29, 0.717) is 6.54 Å². The van der Waals surface area contributed by atoms with Crippen molar-refractivity contribution in [3.05, 3.63) is 35.9 Å². The Balaban J connectivity index is 2.03. The third kappa shape index (κ3) is 2.29. The molecule has 0 aromatic heterocycles. The van der Waals surface area contributed by atoms with Crippen LogP contribution in [0.25, 0.3) is 0 Å². The van der Waals surface area contributed by atoms with Crippen molar-refractivity contribution >= 4 is 6.09 Å². The topological polar surface area (TPSA) is 40.5 Å². The Hall–Kier alpha value is -1.51. The summed E-state index contributed by atoms with van der Waals surface area (Å²) in [6, 6.07) is 10.2. The zero-order valence-electron chi connectivity index (χ0n) is 8.60. The molecule has 15 heavy (non-hydrogen) atoms. The molecule has 1 aliphatic rings. The second-order valence-electron chi connectivity index (χ2n) is 3.96. The Morgan fingerprint density at radius 2 is 2.13 bits per heavy atom. The quantitative estimate of drug-likeness (QED) is 0.805. The predicted octanol–water partition coefficient (Wildman–Crippen LogP) is 2.37. The summed E-state index contributed by atoms with van der Waals surface area (Å²) in [6.45, 7) is 0.687. The summed E-state index contributed by atoms with van der Waals surface area (Å²) in [5.41, 5.74) is 1.22. The Kier molecular flexibility index (Phi) is 2.90. The highest BCUT2D eigenvalue weighted by atomic mass is 16.4. The fourth-order valence-electron chi connectivity index (χ4n) is 2.19. The van der Waals surface area contributed by atoms with Gasteiger partial charge in [-0.25, -0.2) is 4.79 Å². The molecule has 1 heterocycles. The van der Waals surface area contributed by atoms with E-state index < -0.39 is 6.09 Å². The summed E-state index contributed by atoms with van der Waals surface area (Å²) in [5.74, 6) is 0. The van der Waals surface area contributed by atoms with E-state index in [9.17, 15) is 4.79 Å². The normalized spacial score (nSPS) is 20.5. The molecule has 3 heteroatoms. The number of rotatable bonds is 2. The fourth-order valence-corrected chi connectivity index (χ4v) is 2.19. The van der Waals surface area contributed by atoms with E-state index in [1.807, 2.05) is 18.2 Å². The molecule has 0 unspecified atom stereocenters. The molecular weight excluding hydrogens is 190 g/mol. The van der Waals surface area contributed by atoms with Gasteiger partial charge in [-0.2, -0.15) is 0 Å². The average molecular weight is 205 g/mol. The number of carbonyl (C=O) groups is 1. The van der Waals surface area contributed by atoms with Gasteiger partial charge in [0.1, 0.15) is 0 Å². The van der Waals surface area contributed by atoms with Gasteiger partial charge in [-0.05, 0) is 24.8 Å². The van der Waals surface area contributed by atoms with Gasteiger partial charge < -0.3 is 10.0 Å². The first kappa shape index (κ1) is 10.0. The van der Waals surface area contributed by atoms with Gasteiger partial charge in [0.15, 0.2) is 0 Å². The van der Waals surface area contributed by atoms with E-state index in [1.165, 1.54) is 5.56 Å². The predicted molar refractivity (Wildman–Crippen MR) is 57.9 cm³/mol. The minimum Gasteiger partial charge on any atom is -0.465 e. The number of benzene rings is 1. The first-order valence-electron chi connectivity index (χ1n) is 5.31. The highest BCUT2D eigenvalue weighted by Crippen LogP contribution is 2.20. The number of hydrogen-bond donors (Lipinski definition) is 1. The van der Waals surface area contributed by atoms with Crippen molar-refractivity contribution in [1.29, 1.82) is 0 Å². The number of nitrogens with zero attached hydrogens (tertiary/aromatic N) is 1. The monoisotopic (exact) mass is 205 g/mol. The molecular formula is C12H15NO2. The molecule has 1 aliphatic heterocycles. The van der Waals surface area contributed by atoms with Crippen LogP contribution < -0.4 is 0 Å². The van der Waals surface area contributed by atoms with Gasteiger partial charge in [0.05, 0.1) is 0 Å². The van der Waals surface area contributed by atoms with E-state index >= 15 is 0 Å². The Bertz CT molecular complexity index is 337. The molecule has 0 saturated carbocycles. The molecule has 1 saturated heterocycles. The van der Waals surface area contributed by atoms with Gasteiger partial charge in [-0.3, -0.25) is 0 Å². The zero-order valence-corrected chi connectivity index (χ0v) is 8.60. The summed E-state index contributed by atoms with van der Waals surface area (Å²) < 4.78 is 0. The lowest BCUT2D eigenvalue weighted by Gasteiger charge is -2.21. The number of carboxylic acid groups (broad SMARTS) is 1. The van der Waals surface area contributed by atoms with E-state index in [4.69, 9.17) is 5.11 Å². The summed E-state index contributed by atoms with van der Waals surface area (Å²) >= 11 is 0. The van der Waals surface area contributed by atoms with Crippen molar-refractivity contribution in [3.63, 3.8) is 0 Å². The maximum atomic E-state index is 10.9. The second-order valence-corrected chi connectivity index (χ2v) is 3.96. The number of amides is 1. The van der Waals surface area contributed by atoms with Crippen molar-refractivity contribution < 1.29 is 9.90 Å². The van der Waals surface area contributed by atoms with E-state index in [1.54, 1.807) is 4.90 Å². The van der Waals surface area contributed by atoms with Crippen LogP contribution in [0.3, 0.4) is 0 Å². The van der Waals surface area contributed by atoms with Crippen LogP contribution in [0.2, 0.25) is 0 Å². The maximum Gasteiger partial charge on any atom is 0.407 e. The zero-order chi connectivity index (χ0) is 10.7. The molecule has 1 atom stereocenters. The highest BCUT2D eigenvalue weighted by Gasteiger charge is 2.28. The number of hydrogen-bond acceptors (Lipinski definition) is 1. The molecule has 2 rings (SSSR count). The molecule has 1 amide bonds. The highest BCUT2D eigenvalue weighted by molar-refractivity contribution is 5.65. The van der Waals surface area contributed by atoms with Crippen molar-refractivity contribution in [2.24, 2.45) is 0 Å². The Labute approximate surface area is 89.3 Å². The van der Waals surface area contributed by atoms with Gasteiger partial charge in [0, 0.05) is 12.6 Å². The fraction of sp³-hybridized carbons (Fsp3) is 0.417. The lowest BCUT2D eigenvalue weighted by atomic mass is 10.0. The van der Waals surface area contributed by atoms with Crippen molar-refractivity contribution in [2.75, 3.05) is 6.54 Å². The molecule has 1 aromatic carbocycles. The molecule has 0 aliphatic carbocycles. The minimum absolute atomic E-state index is 0.171. The van der Waals surface area contributed by atoms with Gasteiger partial charge >= 0.3 is 6.09 Å². The van der Waals surface area contributed by atoms with Crippen LogP contribution in [0.1, 0.15) is 18.4 Å². The van der Waals surface area contributed by atoms with Crippen molar-refractivity contribution in [1.82, 2.24) is 4.90 Å². The lowest BCUT2D eigenvalue weighted by Crippen LogP contribution is -2.35. The maximum absolute atomic E-state index is 10.9. The largest absolute Gasteiger partial charge is 0.465 e. The van der Waals surface area contributed by atoms with Crippen molar-refractivity contribution in [2.45, 2.75) is 25.3 Å². The van der Waals surface area contributed by atoms with Crippen LogP contribution >= 0.6 is 0 Å². The van der Waals surface area contributed by atoms with Crippen LogP contribution in [-0.4, -0.2) is 28.7 Å². The summed E-state index contributed by atoms with van der Waals surface area (Å²) in [4.78, 5) is 12.5. The van der Waals surface area contributed by atoms with E-state index in [2.05, 4.69) is 12.1 Å². The van der Waals surface area contributed by atoms with Crippen LogP contribution in [0.15, 0.2) is 30.3 Å². The molecule has 0 spiro atoms. The summed E-state index contributed by atoms with van der Waals surface area (Å²) in [6.07, 6.45) is 2.03. The van der Waals surface area contributed by atoms with Crippen LogP contribution in [-0.2, 0) is 6.42 Å². The van der Waals surface area contributed by atoms with Gasteiger partial charge in [-0.1, -0.05) is 30.3 Å². The van der Waals surface area contributed by atoms with Crippen LogP contribution in [0.4, 0.5) is 4.79 Å². The molecule has 3 nitrogen and oxygen atoms in total. The van der Waals surface area contributed by atoms with Crippen molar-refractivity contribution in [3.8, 4) is 0 Å². The van der Waals surface area contributed by atoms with E-state index in [0.717, 1.165) is 19.3 Å². The lowest BCUT2D eigenvalue weighted by molar-refractivity contribution is 0.140. The Morgan fingerprint density at radius 1 is 1.40 bits per heavy atom. The molecule has 0 bridgehead atoms. The first-order chi connectivity index (χ1) is 7.27. The summed E-state index contributed by atoms with van der Waals surface area (Å²) in [5, 5.41) is 8.99. The average Bonchev–Trinajstić information content (AvgIpc) is 2.67. The molecule has 1 N–H and O–H groups in total. The molecule has 80 valence electrons. The molecule has 0 radical (unpaired) electrons. The van der Waals surface area contributed by atoms with Gasteiger partial charge in [-0.15, -0.1) is 0 Å². The number of likely N-dealkylation sites (tertiary alicyclic amines) is 1. The Morgan fingerprint density at radius 3 is 2.80 bits per heavy atom. The SMILES string of the molecule is O=C(O)N1CCC[C@H]1Cc1ccccc1. The first-order valence-corrected chi connectivity index (χ1v) is 5.31. The van der Waals surface area contributed by atoms with Crippen LogP contribution in [0.5, 0.6) is 0 Å². The van der Waals surface area contributed by atoms with Crippen LogP contribution in [0, 0.1) is 0 Å².